The van der Waals surface area contributed by atoms with E-state index in [2.05, 4.69) is 17.2 Å². The number of fused-ring (bicyclic) bond motifs is 1. The normalized spacial score (nSPS) is 11.5. The molecule has 21 heavy (non-hydrogen) atoms. The van der Waals surface area contributed by atoms with Crippen LogP contribution in [0.3, 0.4) is 0 Å². The minimum absolute atomic E-state index is 0.0401. The fourth-order valence-corrected chi connectivity index (χ4v) is 1.79. The van der Waals surface area contributed by atoms with E-state index in [-0.39, 0.29) is 19.3 Å². The molecule has 0 aliphatic carbocycles. The Hall–Kier alpha value is -2.06. The Morgan fingerprint density at radius 2 is 2.19 bits per heavy atom. The number of benzene rings is 1. The van der Waals surface area contributed by atoms with E-state index in [1.54, 1.807) is 18.2 Å². The Balaban J connectivity index is 1.66. The zero-order valence-electron chi connectivity index (χ0n) is 11.5. The highest BCUT2D eigenvalue weighted by molar-refractivity contribution is 6.17. The molecule has 2 rings (SSSR count). The summed E-state index contributed by atoms with van der Waals surface area (Å²) in [6, 6.07) is 5.35. The second-order valence-electron chi connectivity index (χ2n) is 4.23. The first-order valence-electron chi connectivity index (χ1n) is 6.60. The van der Waals surface area contributed by atoms with Crippen LogP contribution in [0.4, 0.5) is 0 Å². The number of halogens is 1. The van der Waals surface area contributed by atoms with Crippen molar-refractivity contribution in [2.45, 2.75) is 12.8 Å². The molecule has 0 fully saturated rings. The molecule has 5 nitrogen and oxygen atoms in total. The van der Waals surface area contributed by atoms with Crippen molar-refractivity contribution in [3.63, 3.8) is 0 Å². The summed E-state index contributed by atoms with van der Waals surface area (Å²) in [5, 5.41) is 2.69. The predicted octanol–water partition coefficient (Wildman–Crippen LogP) is 1.93. The van der Waals surface area contributed by atoms with Crippen molar-refractivity contribution in [3.05, 3.63) is 18.2 Å². The Morgan fingerprint density at radius 1 is 1.33 bits per heavy atom. The predicted molar refractivity (Wildman–Crippen MR) is 78.8 cm³/mol. The first kappa shape index (κ1) is 15.3. The van der Waals surface area contributed by atoms with Gasteiger partial charge in [0.15, 0.2) is 11.5 Å². The van der Waals surface area contributed by atoms with Crippen molar-refractivity contribution in [2.24, 2.45) is 0 Å². The van der Waals surface area contributed by atoms with Gasteiger partial charge in [0.2, 0.25) is 12.7 Å². The highest BCUT2D eigenvalue weighted by atomic mass is 35.5. The third kappa shape index (κ3) is 5.09. The highest BCUT2D eigenvalue weighted by Crippen LogP contribution is 2.34. The number of alkyl halides is 1. The molecule has 1 aromatic rings. The van der Waals surface area contributed by atoms with Gasteiger partial charge in [-0.15, -0.1) is 11.6 Å². The molecule has 6 heteroatoms. The number of carbonyl (C=O) groups excluding carboxylic acids is 1. The average Bonchev–Trinajstić information content (AvgIpc) is 2.96. The number of carbonyl (C=O) groups is 1. The third-order valence-corrected chi connectivity index (χ3v) is 2.96. The van der Waals surface area contributed by atoms with Gasteiger partial charge in [-0.05, 0) is 18.6 Å². The van der Waals surface area contributed by atoms with Crippen LogP contribution in [0.5, 0.6) is 17.2 Å². The van der Waals surface area contributed by atoms with Crippen LogP contribution in [-0.2, 0) is 4.79 Å². The molecule has 1 heterocycles. The largest absolute Gasteiger partial charge is 0.481 e. The van der Waals surface area contributed by atoms with E-state index >= 15 is 0 Å². The number of amides is 1. The van der Waals surface area contributed by atoms with Crippen molar-refractivity contribution >= 4 is 17.5 Å². The van der Waals surface area contributed by atoms with Crippen LogP contribution in [0.2, 0.25) is 0 Å². The van der Waals surface area contributed by atoms with E-state index < -0.39 is 0 Å². The van der Waals surface area contributed by atoms with Crippen LogP contribution in [-0.4, -0.2) is 31.7 Å². The lowest BCUT2D eigenvalue weighted by Crippen LogP contribution is -2.23. The van der Waals surface area contributed by atoms with E-state index in [1.807, 2.05) is 0 Å². The summed E-state index contributed by atoms with van der Waals surface area (Å²) in [5.74, 6) is 8.15. The van der Waals surface area contributed by atoms with Crippen LogP contribution in [0.25, 0.3) is 0 Å². The van der Waals surface area contributed by atoms with Gasteiger partial charge in [-0.2, -0.15) is 0 Å². The number of rotatable bonds is 6. The first-order chi connectivity index (χ1) is 10.3. The molecule has 1 aliphatic heterocycles. The van der Waals surface area contributed by atoms with E-state index in [9.17, 15) is 4.79 Å². The summed E-state index contributed by atoms with van der Waals surface area (Å²) >= 11 is 5.50. The molecule has 0 aromatic heterocycles. The minimum Gasteiger partial charge on any atom is -0.481 e. The molecule has 0 saturated carbocycles. The maximum absolute atomic E-state index is 11.3. The molecule has 0 unspecified atom stereocenters. The standard InChI is InChI=1S/C15H16ClNO4/c16-7-3-4-15(18)17-8-1-2-9-19-12-5-6-13-14(10-12)21-11-20-13/h5-6,10H,3-4,7-9,11H2,(H,17,18). The maximum atomic E-state index is 11.3. The third-order valence-electron chi connectivity index (χ3n) is 2.69. The number of hydrogen-bond donors (Lipinski definition) is 1. The average molecular weight is 310 g/mol. The molecule has 0 saturated heterocycles. The molecule has 112 valence electrons. The molecule has 1 aliphatic rings. The van der Waals surface area contributed by atoms with Crippen molar-refractivity contribution in [2.75, 3.05) is 25.8 Å². The monoisotopic (exact) mass is 309 g/mol. The van der Waals surface area contributed by atoms with Gasteiger partial charge in [-0.1, -0.05) is 11.8 Å². The molecule has 1 amide bonds. The topological polar surface area (TPSA) is 56.8 Å². The van der Waals surface area contributed by atoms with Gasteiger partial charge in [0.1, 0.15) is 12.4 Å². The lowest BCUT2D eigenvalue weighted by Gasteiger charge is -2.03. The van der Waals surface area contributed by atoms with Gasteiger partial charge >= 0.3 is 0 Å². The lowest BCUT2D eigenvalue weighted by molar-refractivity contribution is -0.120. The maximum Gasteiger partial charge on any atom is 0.231 e. The van der Waals surface area contributed by atoms with Crippen LogP contribution in [0.15, 0.2) is 18.2 Å². The van der Waals surface area contributed by atoms with Crippen LogP contribution >= 0.6 is 11.6 Å². The Labute approximate surface area is 128 Å². The first-order valence-corrected chi connectivity index (χ1v) is 7.14. The molecule has 0 spiro atoms. The second-order valence-corrected chi connectivity index (χ2v) is 4.60. The smallest absolute Gasteiger partial charge is 0.231 e. The molecule has 0 atom stereocenters. The van der Waals surface area contributed by atoms with E-state index in [0.717, 1.165) is 0 Å². The summed E-state index contributed by atoms with van der Waals surface area (Å²) in [7, 11) is 0. The molecule has 0 bridgehead atoms. The molecular formula is C15H16ClNO4. The van der Waals surface area contributed by atoms with Crippen LogP contribution in [0, 0.1) is 11.8 Å². The van der Waals surface area contributed by atoms with Crippen molar-refractivity contribution < 1.29 is 19.0 Å². The zero-order chi connectivity index (χ0) is 14.9. The SMILES string of the molecule is O=C(CCCCl)NCC#CCOc1ccc2c(c1)OCO2. The number of ether oxygens (including phenoxy) is 3. The second kappa shape index (κ2) is 8.28. The van der Waals surface area contributed by atoms with Crippen molar-refractivity contribution in [3.8, 4) is 29.1 Å². The summed E-state index contributed by atoms with van der Waals surface area (Å²) in [6.07, 6.45) is 1.10. The Kier molecular flexibility index (Phi) is 6.04. The van der Waals surface area contributed by atoms with Gasteiger partial charge in [-0.3, -0.25) is 4.79 Å². The Morgan fingerprint density at radius 3 is 3.05 bits per heavy atom. The summed E-state index contributed by atoms with van der Waals surface area (Å²) in [5.41, 5.74) is 0. The molecular weight excluding hydrogens is 294 g/mol. The summed E-state index contributed by atoms with van der Waals surface area (Å²) < 4.78 is 15.9. The van der Waals surface area contributed by atoms with Crippen LogP contribution in [0.1, 0.15) is 12.8 Å². The zero-order valence-corrected chi connectivity index (χ0v) is 12.2. The van der Waals surface area contributed by atoms with E-state index in [0.29, 0.717) is 42.5 Å². The van der Waals surface area contributed by atoms with Crippen LogP contribution < -0.4 is 19.5 Å². The lowest BCUT2D eigenvalue weighted by atomic mass is 10.3. The van der Waals surface area contributed by atoms with Gasteiger partial charge < -0.3 is 19.5 Å². The molecule has 1 aromatic carbocycles. The molecule has 1 N–H and O–H groups in total. The Bertz CT molecular complexity index is 550. The van der Waals surface area contributed by atoms with Gasteiger partial charge in [0.05, 0.1) is 6.54 Å². The summed E-state index contributed by atoms with van der Waals surface area (Å²) in [4.78, 5) is 11.3. The number of nitrogens with one attached hydrogen (secondary N) is 1. The molecule has 0 radical (unpaired) electrons. The fraction of sp³-hybridized carbons (Fsp3) is 0.400. The highest BCUT2D eigenvalue weighted by Gasteiger charge is 2.13. The van der Waals surface area contributed by atoms with Gasteiger partial charge in [0.25, 0.3) is 0 Å². The summed E-state index contributed by atoms with van der Waals surface area (Å²) in [6.45, 7) is 0.796. The van der Waals surface area contributed by atoms with Crippen molar-refractivity contribution in [1.82, 2.24) is 5.32 Å². The van der Waals surface area contributed by atoms with Gasteiger partial charge in [-0.25, -0.2) is 0 Å². The quantitative estimate of drug-likeness (QED) is 0.644. The minimum atomic E-state index is -0.0401. The van der Waals surface area contributed by atoms with Gasteiger partial charge in [0, 0.05) is 18.4 Å². The van der Waals surface area contributed by atoms with E-state index in [4.69, 9.17) is 25.8 Å². The fourth-order valence-electron chi connectivity index (χ4n) is 1.66. The van der Waals surface area contributed by atoms with E-state index in [1.165, 1.54) is 0 Å². The number of hydrogen-bond acceptors (Lipinski definition) is 4. The van der Waals surface area contributed by atoms with Crippen molar-refractivity contribution in [1.29, 1.82) is 0 Å².